The van der Waals surface area contributed by atoms with Crippen LogP contribution in [0.1, 0.15) is 43.0 Å². The Hall–Kier alpha value is -1.88. The lowest BCUT2D eigenvalue weighted by Gasteiger charge is -2.38. The van der Waals surface area contributed by atoms with E-state index in [2.05, 4.69) is 0 Å². The van der Waals surface area contributed by atoms with Gasteiger partial charge in [-0.15, -0.1) is 0 Å². The van der Waals surface area contributed by atoms with Crippen molar-refractivity contribution in [3.8, 4) is 0 Å². The van der Waals surface area contributed by atoms with E-state index in [-0.39, 0.29) is 17.9 Å². The van der Waals surface area contributed by atoms with Crippen LogP contribution < -0.4 is 0 Å². The summed E-state index contributed by atoms with van der Waals surface area (Å²) in [4.78, 5) is 29.8. The molecule has 2 fully saturated rings. The van der Waals surface area contributed by atoms with Gasteiger partial charge in [0.05, 0.1) is 6.61 Å². The average Bonchev–Trinajstić information content (AvgIpc) is 3.19. The Morgan fingerprint density at radius 2 is 2.00 bits per heavy atom. The van der Waals surface area contributed by atoms with Crippen LogP contribution >= 0.6 is 0 Å². The van der Waals surface area contributed by atoms with Crippen molar-refractivity contribution in [1.82, 2.24) is 9.80 Å². The van der Waals surface area contributed by atoms with Gasteiger partial charge in [0.2, 0.25) is 5.91 Å². The molecule has 2 saturated heterocycles. The number of hydrogen-bond acceptors (Lipinski definition) is 3. The van der Waals surface area contributed by atoms with E-state index >= 15 is 0 Å². The fourth-order valence-electron chi connectivity index (χ4n) is 3.80. The standard InChI is InChI=1S/C20H28N2O3/c1-2-21(14-16-11-13-25-15-16)20(24)18-10-6-7-12-22(18)19(23)17-8-4-3-5-9-17/h3-5,8-9,16,18H,2,6-7,10-15H2,1H3/t16-,18+/m1/s1. The largest absolute Gasteiger partial charge is 0.381 e. The van der Waals surface area contributed by atoms with Crippen molar-refractivity contribution in [2.75, 3.05) is 32.8 Å². The maximum atomic E-state index is 13.2. The van der Waals surface area contributed by atoms with Crippen LogP contribution in [-0.2, 0) is 9.53 Å². The first-order valence-corrected chi connectivity index (χ1v) is 9.43. The van der Waals surface area contributed by atoms with E-state index in [1.165, 1.54) is 0 Å². The number of hydrogen-bond donors (Lipinski definition) is 0. The van der Waals surface area contributed by atoms with E-state index in [4.69, 9.17) is 4.74 Å². The van der Waals surface area contributed by atoms with Gasteiger partial charge in [0.1, 0.15) is 6.04 Å². The highest BCUT2D eigenvalue weighted by Gasteiger charge is 2.35. The molecule has 0 unspecified atom stereocenters. The molecule has 0 radical (unpaired) electrons. The van der Waals surface area contributed by atoms with Gasteiger partial charge in [0.25, 0.3) is 5.91 Å². The number of likely N-dealkylation sites (tertiary alicyclic amines) is 1. The van der Waals surface area contributed by atoms with Crippen LogP contribution in [0.4, 0.5) is 0 Å². The Labute approximate surface area is 149 Å². The molecule has 2 aliphatic rings. The van der Waals surface area contributed by atoms with Crippen LogP contribution in [0.3, 0.4) is 0 Å². The highest BCUT2D eigenvalue weighted by atomic mass is 16.5. The maximum absolute atomic E-state index is 13.2. The molecule has 2 heterocycles. The number of carbonyl (C=O) groups is 2. The summed E-state index contributed by atoms with van der Waals surface area (Å²) in [5.41, 5.74) is 0.662. The third-order valence-electron chi connectivity index (χ3n) is 5.27. The molecule has 3 rings (SSSR count). The Bertz CT molecular complexity index is 584. The second-order valence-electron chi connectivity index (χ2n) is 6.98. The number of likely N-dealkylation sites (N-methyl/N-ethyl adjacent to an activating group) is 1. The third-order valence-corrected chi connectivity index (χ3v) is 5.27. The molecule has 25 heavy (non-hydrogen) atoms. The number of carbonyl (C=O) groups excluding carboxylic acids is 2. The van der Waals surface area contributed by atoms with E-state index in [1.54, 1.807) is 4.90 Å². The van der Waals surface area contributed by atoms with Crippen molar-refractivity contribution in [1.29, 1.82) is 0 Å². The van der Waals surface area contributed by atoms with Crippen molar-refractivity contribution < 1.29 is 14.3 Å². The second kappa shape index (κ2) is 8.48. The molecule has 5 heteroatoms. The van der Waals surface area contributed by atoms with Crippen LogP contribution in [0.2, 0.25) is 0 Å². The highest BCUT2D eigenvalue weighted by Crippen LogP contribution is 2.23. The van der Waals surface area contributed by atoms with Gasteiger partial charge in [-0.25, -0.2) is 0 Å². The summed E-state index contributed by atoms with van der Waals surface area (Å²) < 4.78 is 5.44. The van der Waals surface area contributed by atoms with Crippen LogP contribution in [0.25, 0.3) is 0 Å². The number of ether oxygens (including phenoxy) is 1. The molecule has 0 aromatic heterocycles. The maximum Gasteiger partial charge on any atom is 0.254 e. The molecule has 0 spiro atoms. The molecule has 1 aromatic carbocycles. The van der Waals surface area contributed by atoms with Crippen LogP contribution in [-0.4, -0.2) is 60.5 Å². The van der Waals surface area contributed by atoms with E-state index in [0.29, 0.717) is 24.6 Å². The summed E-state index contributed by atoms with van der Waals surface area (Å²) in [6, 6.07) is 8.96. The summed E-state index contributed by atoms with van der Waals surface area (Å²) in [6.45, 7) is 5.62. The summed E-state index contributed by atoms with van der Waals surface area (Å²) in [5, 5.41) is 0. The van der Waals surface area contributed by atoms with E-state index in [1.807, 2.05) is 42.2 Å². The molecule has 2 aliphatic heterocycles. The van der Waals surface area contributed by atoms with Crippen LogP contribution in [0, 0.1) is 5.92 Å². The fourth-order valence-corrected chi connectivity index (χ4v) is 3.80. The zero-order chi connectivity index (χ0) is 17.6. The fraction of sp³-hybridized carbons (Fsp3) is 0.600. The minimum Gasteiger partial charge on any atom is -0.381 e. The molecular weight excluding hydrogens is 316 g/mol. The second-order valence-corrected chi connectivity index (χ2v) is 6.98. The molecule has 2 amide bonds. The highest BCUT2D eigenvalue weighted by molar-refractivity contribution is 5.97. The number of rotatable bonds is 5. The lowest BCUT2D eigenvalue weighted by molar-refractivity contribution is -0.137. The first-order valence-electron chi connectivity index (χ1n) is 9.43. The van der Waals surface area contributed by atoms with Gasteiger partial charge in [-0.2, -0.15) is 0 Å². The monoisotopic (exact) mass is 344 g/mol. The summed E-state index contributed by atoms with van der Waals surface area (Å²) in [6.07, 6.45) is 3.74. The van der Waals surface area contributed by atoms with Crippen molar-refractivity contribution in [3.63, 3.8) is 0 Å². The zero-order valence-corrected chi connectivity index (χ0v) is 15.0. The van der Waals surface area contributed by atoms with Crippen LogP contribution in [0.5, 0.6) is 0 Å². The van der Waals surface area contributed by atoms with Gasteiger partial charge >= 0.3 is 0 Å². The van der Waals surface area contributed by atoms with Gasteiger partial charge in [0.15, 0.2) is 0 Å². The molecule has 0 bridgehead atoms. The Morgan fingerprint density at radius 1 is 1.20 bits per heavy atom. The zero-order valence-electron chi connectivity index (χ0n) is 15.0. The van der Waals surface area contributed by atoms with Crippen molar-refractivity contribution in [2.24, 2.45) is 5.92 Å². The van der Waals surface area contributed by atoms with Crippen molar-refractivity contribution in [3.05, 3.63) is 35.9 Å². The summed E-state index contributed by atoms with van der Waals surface area (Å²) >= 11 is 0. The quantitative estimate of drug-likeness (QED) is 0.825. The van der Waals surface area contributed by atoms with E-state index in [0.717, 1.165) is 45.4 Å². The van der Waals surface area contributed by atoms with Crippen molar-refractivity contribution in [2.45, 2.75) is 38.6 Å². The van der Waals surface area contributed by atoms with Crippen molar-refractivity contribution >= 4 is 11.8 Å². The van der Waals surface area contributed by atoms with E-state index in [9.17, 15) is 9.59 Å². The predicted molar refractivity (Wildman–Crippen MR) is 96.3 cm³/mol. The lowest BCUT2D eigenvalue weighted by atomic mass is 9.98. The molecule has 0 saturated carbocycles. The Kier molecular flexibility index (Phi) is 6.08. The smallest absolute Gasteiger partial charge is 0.254 e. The minimum absolute atomic E-state index is 0.0288. The Morgan fingerprint density at radius 3 is 2.68 bits per heavy atom. The first-order chi connectivity index (χ1) is 12.2. The third kappa shape index (κ3) is 4.21. The summed E-state index contributed by atoms with van der Waals surface area (Å²) in [5.74, 6) is 0.489. The normalized spacial score (nSPS) is 23.5. The first kappa shape index (κ1) is 17.9. The van der Waals surface area contributed by atoms with Gasteiger partial charge < -0.3 is 14.5 Å². The van der Waals surface area contributed by atoms with Crippen LogP contribution in [0.15, 0.2) is 30.3 Å². The molecule has 5 nitrogen and oxygen atoms in total. The number of nitrogens with zero attached hydrogens (tertiary/aromatic N) is 2. The predicted octanol–water partition coefficient (Wildman–Crippen LogP) is 2.57. The molecule has 0 N–H and O–H groups in total. The molecule has 1 aromatic rings. The number of benzene rings is 1. The van der Waals surface area contributed by atoms with Gasteiger partial charge in [0, 0.05) is 37.7 Å². The molecular formula is C20H28N2O3. The van der Waals surface area contributed by atoms with Gasteiger partial charge in [-0.3, -0.25) is 9.59 Å². The van der Waals surface area contributed by atoms with E-state index < -0.39 is 0 Å². The molecule has 136 valence electrons. The summed E-state index contributed by atoms with van der Waals surface area (Å²) in [7, 11) is 0. The molecule has 0 aliphatic carbocycles. The number of amides is 2. The Balaban J connectivity index is 1.72. The van der Waals surface area contributed by atoms with Gasteiger partial charge in [-0.1, -0.05) is 18.2 Å². The molecule has 2 atom stereocenters. The topological polar surface area (TPSA) is 49.9 Å². The number of piperidine rings is 1. The van der Waals surface area contributed by atoms with Gasteiger partial charge in [-0.05, 0) is 44.7 Å². The minimum atomic E-state index is -0.330. The average molecular weight is 344 g/mol. The lowest BCUT2D eigenvalue weighted by Crippen LogP contribution is -2.53. The SMILES string of the molecule is CCN(C[C@H]1CCOC1)C(=O)[C@@H]1CCCCN1C(=O)c1ccccc1.